The second-order valence-corrected chi connectivity index (χ2v) is 14.4. The number of benzene rings is 2. The predicted molar refractivity (Wildman–Crippen MR) is 229 cm³/mol. The van der Waals surface area contributed by atoms with E-state index in [2.05, 4.69) is 10.6 Å². The van der Waals surface area contributed by atoms with Crippen molar-refractivity contribution in [2.24, 2.45) is 0 Å². The lowest BCUT2D eigenvalue weighted by Gasteiger charge is -2.28. The zero-order valence-corrected chi connectivity index (χ0v) is 36.4. The highest BCUT2D eigenvalue weighted by molar-refractivity contribution is 5.93. The largest absolute Gasteiger partial charge is 0.487 e. The molecule has 2 aliphatic rings. The van der Waals surface area contributed by atoms with Crippen LogP contribution in [0.3, 0.4) is 0 Å². The molecule has 0 aromatic heterocycles. The molecule has 0 bridgehead atoms. The lowest BCUT2D eigenvalue weighted by Crippen LogP contribution is -2.46. The van der Waals surface area contributed by atoms with Crippen LogP contribution in [0, 0.1) is 0 Å². The molecule has 0 radical (unpaired) electrons. The van der Waals surface area contributed by atoms with Crippen LogP contribution in [-0.4, -0.2) is 224 Å². The van der Waals surface area contributed by atoms with Gasteiger partial charge in [-0.15, -0.1) is 0 Å². The van der Waals surface area contributed by atoms with Crippen LogP contribution in [0.15, 0.2) is 36.4 Å². The highest BCUT2D eigenvalue weighted by Crippen LogP contribution is 2.32. The lowest BCUT2D eigenvalue weighted by molar-refractivity contribution is -0.140. The van der Waals surface area contributed by atoms with Gasteiger partial charge in [0.05, 0.1) is 112 Å². The molecule has 0 saturated heterocycles. The smallest absolute Gasteiger partial charge is 0.317 e. The number of nitrogens with one attached hydrogen (secondary N) is 2. The van der Waals surface area contributed by atoms with E-state index in [9.17, 15) is 39.3 Å². The summed E-state index contributed by atoms with van der Waals surface area (Å²) >= 11 is 0. The number of aliphatic carboxylic acids is 3. The number of nitrogens with zero attached hydrogens (tertiary/aromatic N) is 3. The summed E-state index contributed by atoms with van der Waals surface area (Å²) in [5, 5.41) is 34.5. The maximum atomic E-state index is 13.2. The summed E-state index contributed by atoms with van der Waals surface area (Å²) in [4.78, 5) is 66.1. The molecule has 23 nitrogen and oxygen atoms in total. The molecule has 2 amide bonds. The summed E-state index contributed by atoms with van der Waals surface area (Å²) < 4.78 is 56.3. The van der Waals surface area contributed by atoms with Gasteiger partial charge < -0.3 is 73.3 Å². The molecule has 4 rings (SSSR count). The Morgan fingerprint density at radius 3 is 0.985 bits per heavy atom. The fourth-order valence-corrected chi connectivity index (χ4v) is 6.21. The van der Waals surface area contributed by atoms with Gasteiger partial charge in [0.2, 0.25) is 11.8 Å². The van der Waals surface area contributed by atoms with Gasteiger partial charge in [-0.2, -0.15) is 0 Å². The number of amides is 2. The SMILES string of the molecule is O=C(O)CN(CCN(CC(=O)O)CC(=O)Nc1ccc2c(c1)OCCOCCOCCOCCO2)CCN(CC(=O)O)CC(=O)Nc1ccc2c(c1)OCCOCCOCCOCCO2. The first kappa shape index (κ1) is 52.3. The van der Waals surface area contributed by atoms with Gasteiger partial charge in [0, 0.05) is 49.7 Å². The minimum atomic E-state index is -1.22. The Balaban J connectivity index is 1.33. The monoisotopic (exact) mass is 923 g/mol. The van der Waals surface area contributed by atoms with Crippen molar-refractivity contribution in [2.75, 3.05) is 175 Å². The van der Waals surface area contributed by atoms with Crippen molar-refractivity contribution in [1.29, 1.82) is 0 Å². The molecule has 2 aliphatic heterocycles. The van der Waals surface area contributed by atoms with E-state index in [0.29, 0.717) is 100 Å². The molecule has 0 spiro atoms. The van der Waals surface area contributed by atoms with Crippen LogP contribution in [-0.2, 0) is 52.4 Å². The van der Waals surface area contributed by atoms with E-state index in [1.165, 1.54) is 14.7 Å². The Morgan fingerprint density at radius 1 is 0.385 bits per heavy atom. The molecule has 0 saturated carbocycles. The average molecular weight is 924 g/mol. The molecule has 0 fully saturated rings. The van der Waals surface area contributed by atoms with E-state index >= 15 is 0 Å². The van der Waals surface area contributed by atoms with Crippen molar-refractivity contribution in [3.05, 3.63) is 36.4 Å². The fourth-order valence-electron chi connectivity index (χ4n) is 6.21. The molecule has 5 N–H and O–H groups in total. The molecule has 0 atom stereocenters. The number of carbonyl (C=O) groups is 5. The normalized spacial score (nSPS) is 16.3. The zero-order valence-electron chi connectivity index (χ0n) is 36.4. The molecule has 362 valence electrons. The maximum Gasteiger partial charge on any atom is 0.317 e. The van der Waals surface area contributed by atoms with E-state index in [4.69, 9.17) is 47.4 Å². The van der Waals surface area contributed by atoms with Gasteiger partial charge in [-0.3, -0.25) is 38.7 Å². The molecule has 2 heterocycles. The quantitative estimate of drug-likeness (QED) is 0.132. The second-order valence-electron chi connectivity index (χ2n) is 14.4. The van der Waals surface area contributed by atoms with Crippen LogP contribution in [0.25, 0.3) is 0 Å². The standard InChI is InChI=1S/C42H61N5O18/c48-38(43-32-1-3-34-36(25-32)64-23-19-60-15-11-56-9-13-58-17-21-62-34)27-46(30-41(52)53)7-5-45(29-40(50)51)6-8-47(31-42(54)55)28-39(49)44-33-2-4-35-37(26-33)65-24-20-61-16-12-57-10-14-59-18-22-63-35/h1-4,25-26H,5-24,27-31H2,(H,43,48)(H,44,49)(H,50,51)(H,52,53)(H,54,55). The first-order valence-electron chi connectivity index (χ1n) is 21.2. The summed E-state index contributed by atoms with van der Waals surface area (Å²) in [5.74, 6) is -3.21. The summed E-state index contributed by atoms with van der Waals surface area (Å²) in [7, 11) is 0. The highest BCUT2D eigenvalue weighted by Gasteiger charge is 2.21. The van der Waals surface area contributed by atoms with Gasteiger partial charge >= 0.3 is 17.9 Å². The van der Waals surface area contributed by atoms with Crippen LogP contribution in [0.2, 0.25) is 0 Å². The molecule has 23 heteroatoms. The van der Waals surface area contributed by atoms with Gasteiger partial charge in [0.1, 0.15) is 26.4 Å². The van der Waals surface area contributed by atoms with Crippen LogP contribution in [0.5, 0.6) is 23.0 Å². The van der Waals surface area contributed by atoms with Crippen LogP contribution < -0.4 is 29.6 Å². The number of ether oxygens (including phenoxy) is 10. The summed E-state index contributed by atoms with van der Waals surface area (Å²) in [6.07, 6.45) is 0. The van der Waals surface area contributed by atoms with E-state index in [1.807, 2.05) is 0 Å². The third kappa shape index (κ3) is 22.9. The molecule has 65 heavy (non-hydrogen) atoms. The topological polar surface area (TPSA) is 272 Å². The number of carboxylic acid groups (broad SMARTS) is 3. The Labute approximate surface area is 376 Å². The van der Waals surface area contributed by atoms with Crippen molar-refractivity contribution >= 4 is 41.1 Å². The van der Waals surface area contributed by atoms with Gasteiger partial charge in [0.25, 0.3) is 0 Å². The highest BCUT2D eigenvalue weighted by atomic mass is 16.6. The number of fused-ring (bicyclic) bond motifs is 2. The maximum absolute atomic E-state index is 13.2. The van der Waals surface area contributed by atoms with E-state index in [1.54, 1.807) is 36.4 Å². The Morgan fingerprint density at radius 2 is 0.662 bits per heavy atom. The van der Waals surface area contributed by atoms with E-state index < -0.39 is 49.4 Å². The molecule has 2 aromatic carbocycles. The minimum absolute atomic E-state index is 0.00988. The van der Waals surface area contributed by atoms with Crippen molar-refractivity contribution in [3.63, 3.8) is 0 Å². The van der Waals surface area contributed by atoms with Crippen molar-refractivity contribution in [3.8, 4) is 23.0 Å². The molecular weight excluding hydrogens is 862 g/mol. The molecule has 2 aromatic rings. The van der Waals surface area contributed by atoms with Crippen molar-refractivity contribution in [1.82, 2.24) is 14.7 Å². The molecular formula is C42H61N5O18. The number of hydrogen-bond donors (Lipinski definition) is 5. The average Bonchev–Trinajstić information content (AvgIpc) is 3.26. The number of anilines is 2. The number of carbonyl (C=O) groups excluding carboxylic acids is 2. The Kier molecular flexibility index (Phi) is 24.7. The molecule has 0 unspecified atom stereocenters. The van der Waals surface area contributed by atoms with Gasteiger partial charge in [0.15, 0.2) is 23.0 Å². The lowest BCUT2D eigenvalue weighted by atomic mass is 10.2. The number of rotatable bonds is 18. The van der Waals surface area contributed by atoms with Crippen molar-refractivity contribution in [2.45, 2.75) is 0 Å². The fraction of sp³-hybridized carbons (Fsp3) is 0.595. The first-order valence-corrected chi connectivity index (χ1v) is 21.2. The third-order valence-electron chi connectivity index (χ3n) is 9.16. The Bertz CT molecular complexity index is 1650. The summed E-state index contributed by atoms with van der Waals surface area (Å²) in [6, 6.07) is 9.60. The van der Waals surface area contributed by atoms with E-state index in [0.717, 1.165) is 0 Å². The zero-order chi connectivity index (χ0) is 46.5. The predicted octanol–water partition coefficient (Wildman–Crippen LogP) is 0.0656. The second kappa shape index (κ2) is 30.7. The number of hydrogen-bond acceptors (Lipinski definition) is 18. The van der Waals surface area contributed by atoms with Crippen LogP contribution in [0.4, 0.5) is 11.4 Å². The minimum Gasteiger partial charge on any atom is -0.487 e. The third-order valence-corrected chi connectivity index (χ3v) is 9.16. The van der Waals surface area contributed by atoms with Gasteiger partial charge in [-0.25, -0.2) is 0 Å². The summed E-state index contributed by atoms with van der Waals surface area (Å²) in [6.45, 7) is 2.89. The van der Waals surface area contributed by atoms with Gasteiger partial charge in [-0.1, -0.05) is 0 Å². The first-order chi connectivity index (χ1) is 31.5. The Hall–Kier alpha value is -5.37. The number of carboxylic acids is 3. The van der Waals surface area contributed by atoms with Crippen LogP contribution >= 0.6 is 0 Å². The summed E-state index contributed by atoms with van der Waals surface area (Å²) in [5.41, 5.74) is 0.704. The van der Waals surface area contributed by atoms with Gasteiger partial charge in [-0.05, 0) is 24.3 Å². The van der Waals surface area contributed by atoms with Crippen LogP contribution in [0.1, 0.15) is 0 Å². The molecule has 0 aliphatic carbocycles. The van der Waals surface area contributed by atoms with Crippen molar-refractivity contribution < 1.29 is 86.7 Å². The van der Waals surface area contributed by atoms with E-state index in [-0.39, 0.29) is 78.9 Å².